The van der Waals surface area contributed by atoms with Crippen molar-refractivity contribution in [2.45, 2.75) is 70.2 Å². The molecule has 0 unspecified atom stereocenters. The number of carbonyl (C=O) groups is 1. The zero-order valence-electron chi connectivity index (χ0n) is 15.3. The Balaban J connectivity index is 1.84. The first kappa shape index (κ1) is 20.3. The normalized spacial score (nSPS) is 38.1. The fourth-order valence-electron chi connectivity index (χ4n) is 3.35. The van der Waals surface area contributed by atoms with Gasteiger partial charge >= 0.3 is 5.97 Å². The van der Waals surface area contributed by atoms with Gasteiger partial charge in [0.05, 0.1) is 44.2 Å². The first-order valence-corrected chi connectivity index (χ1v) is 8.81. The molecule has 7 heteroatoms. The highest BCUT2D eigenvalue weighted by Crippen LogP contribution is 2.38. The highest BCUT2D eigenvalue weighted by atomic mass is 16.6. The van der Waals surface area contributed by atoms with Crippen LogP contribution in [0, 0.1) is 11.8 Å². The van der Waals surface area contributed by atoms with Crippen LogP contribution in [0.2, 0.25) is 0 Å². The van der Waals surface area contributed by atoms with Gasteiger partial charge in [-0.1, -0.05) is 12.5 Å². The number of rotatable bonds is 7. The summed E-state index contributed by atoms with van der Waals surface area (Å²) >= 11 is 0. The van der Waals surface area contributed by atoms with Crippen molar-refractivity contribution in [2.75, 3.05) is 13.7 Å². The predicted molar refractivity (Wildman–Crippen MR) is 89.8 cm³/mol. The first-order chi connectivity index (χ1) is 11.7. The molecule has 0 aromatic heterocycles. The summed E-state index contributed by atoms with van der Waals surface area (Å²) in [5, 5.41) is 30.4. The maximum absolute atomic E-state index is 11.2. The Morgan fingerprint density at radius 2 is 1.96 bits per heavy atom. The highest BCUT2D eigenvalue weighted by molar-refractivity contribution is 5.82. The lowest BCUT2D eigenvalue weighted by atomic mass is 9.85. The van der Waals surface area contributed by atoms with E-state index in [4.69, 9.17) is 9.47 Å². The van der Waals surface area contributed by atoms with Crippen molar-refractivity contribution in [3.63, 3.8) is 0 Å². The topological polar surface area (TPSA) is 109 Å². The maximum Gasteiger partial charge on any atom is 0.330 e. The Hall–Kier alpha value is -0.990. The number of esters is 1. The lowest BCUT2D eigenvalue weighted by Gasteiger charge is -2.38. The van der Waals surface area contributed by atoms with E-state index in [1.807, 2.05) is 6.92 Å². The van der Waals surface area contributed by atoms with Gasteiger partial charge in [0.2, 0.25) is 0 Å². The molecule has 8 atom stereocenters. The number of aliphatic hydroxyl groups is 3. The molecule has 0 saturated carbocycles. The number of methoxy groups -OCH3 is 1. The minimum atomic E-state index is -1.02. The van der Waals surface area contributed by atoms with Crippen molar-refractivity contribution in [1.29, 1.82) is 0 Å². The molecule has 2 aliphatic heterocycles. The molecule has 2 aliphatic rings. The van der Waals surface area contributed by atoms with Crippen LogP contribution in [0.5, 0.6) is 0 Å². The molecule has 3 N–H and O–H groups in total. The van der Waals surface area contributed by atoms with Crippen molar-refractivity contribution in [1.82, 2.24) is 0 Å². The van der Waals surface area contributed by atoms with E-state index >= 15 is 0 Å². The summed E-state index contributed by atoms with van der Waals surface area (Å²) in [6.07, 6.45) is -0.658. The van der Waals surface area contributed by atoms with E-state index in [1.54, 1.807) is 13.8 Å². The maximum atomic E-state index is 11.2. The summed E-state index contributed by atoms with van der Waals surface area (Å²) in [6.45, 7) is 5.75. The number of hydrogen-bond acceptors (Lipinski definition) is 7. The van der Waals surface area contributed by atoms with Crippen LogP contribution in [0.3, 0.4) is 0 Å². The zero-order valence-corrected chi connectivity index (χ0v) is 15.3. The second-order valence-corrected chi connectivity index (χ2v) is 7.31. The van der Waals surface area contributed by atoms with Gasteiger partial charge in [-0.25, -0.2) is 4.79 Å². The molecule has 2 fully saturated rings. The molecule has 0 aromatic rings. The summed E-state index contributed by atoms with van der Waals surface area (Å²) in [5.41, 5.74) is 0.720. The van der Waals surface area contributed by atoms with E-state index in [0.717, 1.165) is 5.57 Å². The Bertz CT molecular complexity index is 490. The average Bonchev–Trinajstić information content (AvgIpc) is 3.32. The van der Waals surface area contributed by atoms with Gasteiger partial charge in [0.1, 0.15) is 6.10 Å². The molecule has 0 aromatic carbocycles. The number of epoxide rings is 1. The van der Waals surface area contributed by atoms with Crippen molar-refractivity contribution in [2.24, 2.45) is 11.8 Å². The Morgan fingerprint density at radius 1 is 1.28 bits per heavy atom. The molecular formula is C18H30O7. The molecule has 0 amide bonds. The van der Waals surface area contributed by atoms with Gasteiger partial charge in [-0.05, 0) is 26.7 Å². The second kappa shape index (κ2) is 8.60. The largest absolute Gasteiger partial charge is 0.466 e. The zero-order chi connectivity index (χ0) is 18.7. The number of aliphatic hydroxyl groups excluding tert-OH is 3. The third-order valence-corrected chi connectivity index (χ3v) is 5.26. The molecule has 2 rings (SSSR count). The number of hydrogen-bond donors (Lipinski definition) is 3. The molecule has 2 heterocycles. The predicted octanol–water partition coefficient (Wildman–Crippen LogP) is 0.407. The Labute approximate surface area is 148 Å². The van der Waals surface area contributed by atoms with Gasteiger partial charge in [-0.2, -0.15) is 0 Å². The lowest BCUT2D eigenvalue weighted by Crippen LogP contribution is -2.50. The standard InChI is InChI=1S/C18H30O7/c1-9(6-15(20)23-4)5-13-17(22)16(21)12(8-24-13)7-14-18(25-14)10(2)11(3)19/h6,10-14,16-19,21-22H,5,7-8H2,1-4H3/b9-6+/t10-,11-,12-,13-,14-,16+,17-,18-/m0/s1. The molecule has 7 nitrogen and oxygen atoms in total. The molecule has 2 saturated heterocycles. The molecule has 0 bridgehead atoms. The number of carbonyl (C=O) groups excluding carboxylic acids is 1. The van der Waals surface area contributed by atoms with Crippen LogP contribution >= 0.6 is 0 Å². The fraction of sp³-hybridized carbons (Fsp3) is 0.833. The van der Waals surface area contributed by atoms with Gasteiger partial charge < -0.3 is 29.5 Å². The van der Waals surface area contributed by atoms with Crippen LogP contribution in [-0.2, 0) is 19.0 Å². The third-order valence-electron chi connectivity index (χ3n) is 5.26. The third kappa shape index (κ3) is 5.24. The van der Waals surface area contributed by atoms with Crippen molar-refractivity contribution in [3.05, 3.63) is 11.6 Å². The minimum Gasteiger partial charge on any atom is -0.466 e. The molecule has 144 valence electrons. The van der Waals surface area contributed by atoms with Gasteiger partial charge in [0.25, 0.3) is 0 Å². The van der Waals surface area contributed by atoms with E-state index in [2.05, 4.69) is 4.74 Å². The summed E-state index contributed by atoms with van der Waals surface area (Å²) in [7, 11) is 1.30. The summed E-state index contributed by atoms with van der Waals surface area (Å²) in [4.78, 5) is 11.2. The van der Waals surface area contributed by atoms with E-state index in [-0.39, 0.29) is 24.0 Å². The smallest absolute Gasteiger partial charge is 0.330 e. The minimum absolute atomic E-state index is 0.00713. The van der Waals surface area contributed by atoms with Crippen molar-refractivity contribution >= 4 is 5.97 Å². The Morgan fingerprint density at radius 3 is 2.56 bits per heavy atom. The lowest BCUT2D eigenvalue weighted by molar-refractivity contribution is -0.165. The van der Waals surface area contributed by atoms with Gasteiger partial charge in [0.15, 0.2) is 0 Å². The van der Waals surface area contributed by atoms with Gasteiger partial charge in [-0.3, -0.25) is 0 Å². The van der Waals surface area contributed by atoms with Crippen LogP contribution in [-0.4, -0.2) is 71.6 Å². The summed E-state index contributed by atoms with van der Waals surface area (Å²) in [5.74, 6) is -0.631. The summed E-state index contributed by atoms with van der Waals surface area (Å²) < 4.78 is 15.9. The van der Waals surface area contributed by atoms with Crippen LogP contribution < -0.4 is 0 Å². The molecular weight excluding hydrogens is 328 g/mol. The van der Waals surface area contributed by atoms with E-state index in [0.29, 0.717) is 19.4 Å². The van der Waals surface area contributed by atoms with Crippen LogP contribution in [0.25, 0.3) is 0 Å². The average molecular weight is 358 g/mol. The SMILES string of the molecule is COC(=O)/C=C(\C)C[C@@H]1OC[C@H](C[C@@H]2O[C@H]2[C@@H](C)[C@H](C)O)[C@@H](O)[C@H]1O. The van der Waals surface area contributed by atoms with E-state index in [9.17, 15) is 20.1 Å². The summed E-state index contributed by atoms with van der Waals surface area (Å²) in [6, 6.07) is 0. The van der Waals surface area contributed by atoms with Gasteiger partial charge in [0, 0.05) is 17.9 Å². The molecule has 0 aliphatic carbocycles. The van der Waals surface area contributed by atoms with Crippen LogP contribution in [0.1, 0.15) is 33.6 Å². The quantitative estimate of drug-likeness (QED) is 0.343. The fourth-order valence-corrected chi connectivity index (χ4v) is 3.35. The van der Waals surface area contributed by atoms with E-state index in [1.165, 1.54) is 13.2 Å². The second-order valence-electron chi connectivity index (χ2n) is 7.31. The van der Waals surface area contributed by atoms with Crippen LogP contribution in [0.4, 0.5) is 0 Å². The monoisotopic (exact) mass is 358 g/mol. The first-order valence-electron chi connectivity index (χ1n) is 8.81. The van der Waals surface area contributed by atoms with Crippen LogP contribution in [0.15, 0.2) is 11.6 Å². The molecule has 25 heavy (non-hydrogen) atoms. The number of ether oxygens (including phenoxy) is 3. The van der Waals surface area contributed by atoms with Gasteiger partial charge in [-0.15, -0.1) is 0 Å². The molecule has 0 radical (unpaired) electrons. The van der Waals surface area contributed by atoms with E-state index < -0.39 is 30.4 Å². The highest BCUT2D eigenvalue weighted by Gasteiger charge is 2.48. The Kier molecular flexibility index (Phi) is 6.99. The van der Waals surface area contributed by atoms with Crippen molar-refractivity contribution < 1.29 is 34.3 Å². The van der Waals surface area contributed by atoms with Crippen molar-refractivity contribution in [3.8, 4) is 0 Å². The molecule has 0 spiro atoms.